The quantitative estimate of drug-likeness (QED) is 0.475. The van der Waals surface area contributed by atoms with E-state index in [9.17, 15) is 9.18 Å². The Hall–Kier alpha value is -3.24. The van der Waals surface area contributed by atoms with Gasteiger partial charge in [0.1, 0.15) is 11.6 Å². The molecule has 3 aromatic heterocycles. The lowest BCUT2D eigenvalue weighted by molar-refractivity contribution is 0.102. The number of aromatic amines is 1. The van der Waals surface area contributed by atoms with Crippen LogP contribution in [0.5, 0.6) is 11.6 Å². The van der Waals surface area contributed by atoms with Gasteiger partial charge in [0.05, 0.1) is 35.0 Å². The van der Waals surface area contributed by atoms with Crippen molar-refractivity contribution in [1.82, 2.24) is 20.2 Å². The lowest BCUT2D eigenvalue weighted by atomic mass is 10.1. The Kier molecular flexibility index (Phi) is 5.28. The second-order valence-electron chi connectivity index (χ2n) is 5.76. The van der Waals surface area contributed by atoms with E-state index in [1.165, 1.54) is 36.8 Å². The average Bonchev–Trinajstić information content (AvgIpc) is 3.36. The molecule has 0 atom stereocenters. The Morgan fingerprint density at radius 1 is 1.38 bits per heavy atom. The topological polar surface area (TPSA) is 102 Å². The van der Waals surface area contributed by atoms with E-state index >= 15 is 0 Å². The van der Waals surface area contributed by atoms with E-state index in [1.54, 1.807) is 17.6 Å². The number of benzene rings is 1. The summed E-state index contributed by atoms with van der Waals surface area (Å²) < 4.78 is 25.5. The van der Waals surface area contributed by atoms with Crippen LogP contribution in [-0.4, -0.2) is 33.2 Å². The number of hydrogen-bond acceptors (Lipinski definition) is 7. The predicted octanol–water partition coefficient (Wildman–Crippen LogP) is 4.05. The van der Waals surface area contributed by atoms with Crippen LogP contribution in [0.3, 0.4) is 0 Å². The van der Waals surface area contributed by atoms with Gasteiger partial charge in [0.15, 0.2) is 17.2 Å². The lowest BCUT2D eigenvalue weighted by Gasteiger charge is -2.11. The Bertz CT molecular complexity index is 1180. The predicted molar refractivity (Wildman–Crippen MR) is 106 cm³/mol. The minimum Gasteiger partial charge on any atom is -0.483 e. The number of carbonyl (C=O) groups is 1. The highest BCUT2D eigenvalue weighted by Crippen LogP contribution is 2.30. The van der Waals surface area contributed by atoms with Gasteiger partial charge in [-0.1, -0.05) is 11.6 Å². The second kappa shape index (κ2) is 8.02. The summed E-state index contributed by atoms with van der Waals surface area (Å²) in [6.45, 7) is 0.0815. The Labute approximate surface area is 172 Å². The van der Waals surface area contributed by atoms with Crippen LogP contribution in [-0.2, 0) is 6.61 Å². The third kappa shape index (κ3) is 3.84. The van der Waals surface area contributed by atoms with Crippen molar-refractivity contribution in [2.45, 2.75) is 6.61 Å². The monoisotopic (exact) mass is 433 g/mol. The van der Waals surface area contributed by atoms with Gasteiger partial charge in [-0.3, -0.25) is 9.89 Å². The third-order valence-corrected chi connectivity index (χ3v) is 5.02. The zero-order valence-corrected chi connectivity index (χ0v) is 16.5. The third-order valence-electron chi connectivity index (χ3n) is 3.95. The number of halogens is 2. The van der Waals surface area contributed by atoms with E-state index in [0.717, 1.165) is 0 Å². The van der Waals surface area contributed by atoms with Crippen molar-refractivity contribution in [1.29, 1.82) is 0 Å². The second-order valence-corrected chi connectivity index (χ2v) is 7.14. The average molecular weight is 434 g/mol. The largest absolute Gasteiger partial charge is 0.483 e. The summed E-state index contributed by atoms with van der Waals surface area (Å²) in [7, 11) is 1.47. The molecule has 0 spiro atoms. The van der Waals surface area contributed by atoms with Gasteiger partial charge in [-0.2, -0.15) is 0 Å². The van der Waals surface area contributed by atoms with Gasteiger partial charge in [0.25, 0.3) is 5.91 Å². The SMILES string of the molecule is COc1n[nH]c2ncc(NC(=O)c3c(Cl)ccc(OCc4nccs4)c3F)cc12. The Balaban J connectivity index is 1.58. The summed E-state index contributed by atoms with van der Waals surface area (Å²) in [5.41, 5.74) is 0.482. The number of nitrogens with one attached hydrogen (secondary N) is 2. The first-order chi connectivity index (χ1) is 14.1. The molecule has 0 radical (unpaired) electrons. The molecule has 0 aliphatic carbocycles. The van der Waals surface area contributed by atoms with Crippen LogP contribution in [0.25, 0.3) is 11.0 Å². The number of fused-ring (bicyclic) bond motifs is 1. The fourth-order valence-corrected chi connectivity index (χ4v) is 3.37. The summed E-state index contributed by atoms with van der Waals surface area (Å²) >= 11 is 7.45. The van der Waals surface area contributed by atoms with Crippen molar-refractivity contribution >= 4 is 45.6 Å². The van der Waals surface area contributed by atoms with E-state index in [0.29, 0.717) is 27.6 Å². The molecule has 2 N–H and O–H groups in total. The van der Waals surface area contributed by atoms with Gasteiger partial charge in [-0.05, 0) is 18.2 Å². The molecule has 0 fully saturated rings. The number of pyridine rings is 1. The van der Waals surface area contributed by atoms with Crippen LogP contribution < -0.4 is 14.8 Å². The number of ether oxygens (including phenoxy) is 2. The van der Waals surface area contributed by atoms with E-state index in [1.807, 2.05) is 0 Å². The van der Waals surface area contributed by atoms with Crippen molar-refractivity contribution in [2.75, 3.05) is 12.4 Å². The van der Waals surface area contributed by atoms with E-state index < -0.39 is 11.7 Å². The fourth-order valence-electron chi connectivity index (χ4n) is 2.62. The molecule has 4 aromatic rings. The molecule has 0 aliphatic rings. The molecule has 0 bridgehead atoms. The van der Waals surface area contributed by atoms with Gasteiger partial charge >= 0.3 is 0 Å². The molecule has 8 nitrogen and oxygen atoms in total. The van der Waals surface area contributed by atoms with Crippen molar-refractivity contribution in [2.24, 2.45) is 0 Å². The molecular weight excluding hydrogens is 421 g/mol. The standard InChI is InChI=1S/C18H13ClFN5O3S/c1-27-18-10-6-9(7-22-16(10)24-25-18)23-17(26)14-11(19)2-3-12(15(14)20)28-8-13-21-4-5-29-13/h2-7H,8H2,1H3,(H,23,26)(H,22,24,25). The zero-order chi connectivity index (χ0) is 20.4. The summed E-state index contributed by atoms with van der Waals surface area (Å²) in [6, 6.07) is 4.38. The highest BCUT2D eigenvalue weighted by Gasteiger charge is 2.21. The van der Waals surface area contributed by atoms with E-state index in [4.69, 9.17) is 21.1 Å². The maximum absolute atomic E-state index is 14.9. The molecule has 29 heavy (non-hydrogen) atoms. The molecule has 0 saturated heterocycles. The molecule has 0 aliphatic heterocycles. The molecule has 1 amide bonds. The van der Waals surface area contributed by atoms with Gasteiger partial charge in [0, 0.05) is 11.6 Å². The molecule has 11 heteroatoms. The number of hydrogen-bond donors (Lipinski definition) is 2. The number of methoxy groups -OCH3 is 1. The van der Waals surface area contributed by atoms with Crippen molar-refractivity contribution in [3.05, 3.63) is 57.4 Å². The van der Waals surface area contributed by atoms with Crippen molar-refractivity contribution in [3.8, 4) is 11.6 Å². The first-order valence-corrected chi connectivity index (χ1v) is 9.51. The van der Waals surface area contributed by atoms with Gasteiger partial charge in [-0.25, -0.2) is 14.4 Å². The van der Waals surface area contributed by atoms with Gasteiger partial charge < -0.3 is 14.8 Å². The van der Waals surface area contributed by atoms with Crippen molar-refractivity contribution in [3.63, 3.8) is 0 Å². The van der Waals surface area contributed by atoms with Crippen LogP contribution in [0.15, 0.2) is 36.0 Å². The fraction of sp³-hybridized carbons (Fsp3) is 0.111. The van der Waals surface area contributed by atoms with E-state index in [-0.39, 0.29) is 22.9 Å². The van der Waals surface area contributed by atoms with Gasteiger partial charge in [0.2, 0.25) is 5.88 Å². The smallest absolute Gasteiger partial charge is 0.260 e. The summed E-state index contributed by atoms with van der Waals surface area (Å²) in [4.78, 5) is 20.9. The number of rotatable bonds is 6. The number of nitrogens with zero attached hydrogens (tertiary/aromatic N) is 3. The van der Waals surface area contributed by atoms with Crippen molar-refractivity contribution < 1.29 is 18.7 Å². The highest BCUT2D eigenvalue weighted by atomic mass is 35.5. The summed E-state index contributed by atoms with van der Waals surface area (Å²) in [5, 5.41) is 12.2. The molecule has 148 valence electrons. The lowest BCUT2D eigenvalue weighted by Crippen LogP contribution is -2.15. The molecule has 1 aromatic carbocycles. The first-order valence-electron chi connectivity index (χ1n) is 8.25. The maximum Gasteiger partial charge on any atom is 0.260 e. The molecule has 0 unspecified atom stereocenters. The van der Waals surface area contributed by atoms with Crippen LogP contribution in [0, 0.1) is 5.82 Å². The first kappa shape index (κ1) is 19.1. The van der Waals surface area contributed by atoms with E-state index in [2.05, 4.69) is 25.5 Å². The van der Waals surface area contributed by atoms with Crippen LogP contribution in [0.2, 0.25) is 5.02 Å². The summed E-state index contributed by atoms with van der Waals surface area (Å²) in [5.74, 6) is -1.37. The number of amides is 1. The molecule has 4 rings (SSSR count). The minimum atomic E-state index is -0.860. The van der Waals surface area contributed by atoms with Gasteiger partial charge in [-0.15, -0.1) is 16.4 Å². The molecule has 3 heterocycles. The minimum absolute atomic E-state index is 0.0449. The summed E-state index contributed by atoms with van der Waals surface area (Å²) in [6.07, 6.45) is 3.03. The number of carbonyl (C=O) groups excluding carboxylic acids is 1. The van der Waals surface area contributed by atoms with Crippen LogP contribution in [0.1, 0.15) is 15.4 Å². The Morgan fingerprint density at radius 3 is 3.00 bits per heavy atom. The number of thiazole rings is 1. The number of H-pyrrole nitrogens is 1. The number of anilines is 1. The zero-order valence-electron chi connectivity index (χ0n) is 14.9. The number of aromatic nitrogens is 4. The Morgan fingerprint density at radius 2 is 2.24 bits per heavy atom. The highest BCUT2D eigenvalue weighted by molar-refractivity contribution is 7.09. The molecule has 0 saturated carbocycles. The van der Waals surface area contributed by atoms with Crippen LogP contribution in [0.4, 0.5) is 10.1 Å². The van der Waals surface area contributed by atoms with Crippen LogP contribution >= 0.6 is 22.9 Å². The molecular formula is C18H13ClFN5O3S. The maximum atomic E-state index is 14.9. The normalized spacial score (nSPS) is 10.9.